The molecule has 0 amide bonds. The van der Waals surface area contributed by atoms with E-state index in [9.17, 15) is 18.0 Å². The van der Waals surface area contributed by atoms with E-state index in [2.05, 4.69) is 15.5 Å². The van der Waals surface area contributed by atoms with Crippen LogP contribution < -0.4 is 5.32 Å². The number of alkyl halides is 3. The second-order valence-corrected chi connectivity index (χ2v) is 6.05. The van der Waals surface area contributed by atoms with E-state index in [1.165, 1.54) is 0 Å². The molecule has 1 aromatic heterocycles. The lowest BCUT2D eigenvalue weighted by Crippen LogP contribution is -2.36. The monoisotopic (exact) mass is 297 g/mol. The average molecular weight is 297 g/mol. The molecule has 1 aromatic rings. The zero-order valence-corrected chi connectivity index (χ0v) is 11.4. The van der Waals surface area contributed by atoms with Crippen LogP contribution in [0.3, 0.4) is 0 Å². The van der Waals surface area contributed by atoms with Crippen LogP contribution in [0.25, 0.3) is 0 Å². The van der Waals surface area contributed by atoms with Crippen LogP contribution in [-0.2, 0) is 11.0 Å². The minimum absolute atomic E-state index is 0.0338. The maximum absolute atomic E-state index is 12.4. The Kier molecular flexibility index (Phi) is 4.39. The van der Waals surface area contributed by atoms with Gasteiger partial charge in [0.1, 0.15) is 0 Å². The van der Waals surface area contributed by atoms with Gasteiger partial charge in [0, 0.05) is 6.04 Å². The van der Waals surface area contributed by atoms with Crippen molar-refractivity contribution in [3.05, 3.63) is 5.01 Å². The van der Waals surface area contributed by atoms with Crippen LogP contribution in [0.5, 0.6) is 0 Å². The van der Waals surface area contributed by atoms with Crippen molar-refractivity contribution in [1.82, 2.24) is 10.2 Å². The number of hydrogen-bond donors (Lipinski definition) is 2. The molecule has 1 unspecified atom stereocenters. The van der Waals surface area contributed by atoms with E-state index < -0.39 is 28.6 Å². The summed E-state index contributed by atoms with van der Waals surface area (Å²) < 4.78 is 37.1. The highest BCUT2D eigenvalue weighted by Crippen LogP contribution is 2.34. The molecular weight excluding hydrogens is 283 g/mol. The number of carboxylic acid groups (broad SMARTS) is 1. The van der Waals surface area contributed by atoms with Crippen molar-refractivity contribution < 1.29 is 23.1 Å². The van der Waals surface area contributed by atoms with Gasteiger partial charge in [0.05, 0.1) is 6.42 Å². The summed E-state index contributed by atoms with van der Waals surface area (Å²) in [6.07, 6.45) is -4.76. The summed E-state index contributed by atoms with van der Waals surface area (Å²) in [4.78, 5) is 10.8. The molecule has 1 rings (SSSR count). The number of nitrogens with zero attached hydrogens (tertiary/aromatic N) is 2. The number of aromatic nitrogens is 2. The highest BCUT2D eigenvalue weighted by Gasteiger charge is 2.36. The normalized spacial score (nSPS) is 14.2. The zero-order chi connectivity index (χ0) is 14.8. The summed E-state index contributed by atoms with van der Waals surface area (Å²) in [7, 11) is 0. The molecule has 0 aromatic carbocycles. The molecule has 0 saturated carbocycles. The van der Waals surface area contributed by atoms with Crippen molar-refractivity contribution in [3.63, 3.8) is 0 Å². The van der Waals surface area contributed by atoms with Crippen molar-refractivity contribution in [1.29, 1.82) is 0 Å². The number of hydrogen-bond acceptors (Lipinski definition) is 5. The van der Waals surface area contributed by atoms with Crippen molar-refractivity contribution >= 4 is 22.4 Å². The Balaban J connectivity index is 2.85. The van der Waals surface area contributed by atoms with Crippen molar-refractivity contribution in [2.24, 2.45) is 5.41 Å². The van der Waals surface area contributed by atoms with Gasteiger partial charge in [0.15, 0.2) is 0 Å². The van der Waals surface area contributed by atoms with Crippen molar-refractivity contribution in [3.8, 4) is 0 Å². The molecule has 1 atom stereocenters. The minimum Gasteiger partial charge on any atom is -0.481 e. The molecule has 0 spiro atoms. The molecule has 5 nitrogen and oxygen atoms in total. The SMILES string of the molecule is CC(C)(C)C(CC(=O)O)Nc1nnc(C(F)(F)F)s1. The Morgan fingerprint density at radius 2 is 1.95 bits per heavy atom. The van der Waals surface area contributed by atoms with Crippen LogP contribution >= 0.6 is 11.3 Å². The van der Waals surface area contributed by atoms with Gasteiger partial charge in [-0.25, -0.2) is 0 Å². The third-order valence-electron chi connectivity index (χ3n) is 2.39. The van der Waals surface area contributed by atoms with Gasteiger partial charge in [-0.05, 0) is 5.41 Å². The summed E-state index contributed by atoms with van der Waals surface area (Å²) in [5, 5.41) is 16.8. The topological polar surface area (TPSA) is 75.1 Å². The summed E-state index contributed by atoms with van der Waals surface area (Å²) in [6, 6.07) is -0.543. The van der Waals surface area contributed by atoms with Gasteiger partial charge in [-0.2, -0.15) is 13.2 Å². The summed E-state index contributed by atoms with van der Waals surface area (Å²) in [5.74, 6) is -1.03. The molecule has 0 radical (unpaired) electrons. The average Bonchev–Trinajstić information content (AvgIpc) is 2.62. The first-order chi connectivity index (χ1) is 8.50. The van der Waals surface area contributed by atoms with Crippen LogP contribution in [-0.4, -0.2) is 27.3 Å². The molecule has 2 N–H and O–H groups in total. The first-order valence-corrected chi connectivity index (χ1v) is 6.21. The van der Waals surface area contributed by atoms with Gasteiger partial charge in [0.25, 0.3) is 0 Å². The molecule has 0 aliphatic carbocycles. The molecule has 108 valence electrons. The first kappa shape index (κ1) is 15.7. The zero-order valence-electron chi connectivity index (χ0n) is 10.6. The quantitative estimate of drug-likeness (QED) is 0.893. The molecule has 0 bridgehead atoms. The maximum atomic E-state index is 12.4. The van der Waals surface area contributed by atoms with E-state index in [-0.39, 0.29) is 11.6 Å². The number of aliphatic carboxylic acids is 1. The van der Waals surface area contributed by atoms with Crippen LogP contribution in [0.2, 0.25) is 0 Å². The van der Waals surface area contributed by atoms with Gasteiger partial charge in [-0.15, -0.1) is 10.2 Å². The Morgan fingerprint density at radius 1 is 1.37 bits per heavy atom. The Hall–Kier alpha value is -1.38. The van der Waals surface area contributed by atoms with Crippen LogP contribution in [0, 0.1) is 5.41 Å². The lowest BCUT2D eigenvalue weighted by Gasteiger charge is -2.29. The van der Waals surface area contributed by atoms with E-state index in [0.717, 1.165) is 0 Å². The third-order valence-corrected chi connectivity index (χ3v) is 3.29. The smallest absolute Gasteiger partial charge is 0.445 e. The van der Waals surface area contributed by atoms with Crippen molar-refractivity contribution in [2.45, 2.75) is 39.4 Å². The maximum Gasteiger partial charge on any atom is 0.445 e. The fourth-order valence-electron chi connectivity index (χ4n) is 1.29. The number of carboxylic acids is 1. The van der Waals surface area contributed by atoms with Crippen molar-refractivity contribution in [2.75, 3.05) is 5.32 Å². The van der Waals surface area contributed by atoms with Crippen LogP contribution in [0.1, 0.15) is 32.2 Å². The summed E-state index contributed by atoms with van der Waals surface area (Å²) >= 11 is 0.360. The van der Waals surface area contributed by atoms with Crippen LogP contribution in [0.15, 0.2) is 0 Å². The largest absolute Gasteiger partial charge is 0.481 e. The highest BCUT2D eigenvalue weighted by molar-refractivity contribution is 7.15. The third kappa shape index (κ3) is 4.66. The molecule has 19 heavy (non-hydrogen) atoms. The predicted molar refractivity (Wildman–Crippen MR) is 64.0 cm³/mol. The van der Waals surface area contributed by atoms with Gasteiger partial charge < -0.3 is 10.4 Å². The van der Waals surface area contributed by atoms with E-state index in [4.69, 9.17) is 5.11 Å². The van der Waals surface area contributed by atoms with Gasteiger partial charge in [-0.1, -0.05) is 32.1 Å². The van der Waals surface area contributed by atoms with Gasteiger partial charge >= 0.3 is 12.1 Å². The number of halogens is 3. The van der Waals surface area contributed by atoms with E-state index in [0.29, 0.717) is 11.3 Å². The number of carbonyl (C=O) groups is 1. The summed E-state index contributed by atoms with van der Waals surface area (Å²) in [6.45, 7) is 5.37. The Labute approximate surface area is 111 Å². The predicted octanol–water partition coefficient (Wildman–Crippen LogP) is 2.86. The summed E-state index contributed by atoms with van der Waals surface area (Å²) in [5.41, 5.74) is -0.442. The molecule has 0 saturated heterocycles. The fourth-order valence-corrected chi connectivity index (χ4v) is 1.96. The standard InChI is InChI=1S/C10H14F3N3O2S/c1-9(2,3)5(4-6(17)18)14-8-16-15-7(19-8)10(11,12)13/h5H,4H2,1-3H3,(H,14,16)(H,17,18). The minimum atomic E-state index is -4.54. The molecule has 0 fully saturated rings. The fraction of sp³-hybridized carbons (Fsp3) is 0.700. The Bertz CT molecular complexity index is 454. The first-order valence-electron chi connectivity index (χ1n) is 5.39. The molecule has 0 aliphatic heterocycles. The highest BCUT2D eigenvalue weighted by atomic mass is 32.1. The van der Waals surface area contributed by atoms with E-state index in [1.54, 1.807) is 20.8 Å². The van der Waals surface area contributed by atoms with Crippen LogP contribution in [0.4, 0.5) is 18.3 Å². The molecule has 0 aliphatic rings. The lowest BCUT2D eigenvalue weighted by molar-refractivity contribution is -0.138. The Morgan fingerprint density at radius 3 is 2.32 bits per heavy atom. The van der Waals surface area contributed by atoms with E-state index in [1.807, 2.05) is 0 Å². The van der Waals surface area contributed by atoms with Gasteiger partial charge in [0.2, 0.25) is 10.1 Å². The number of anilines is 1. The number of nitrogens with one attached hydrogen (secondary N) is 1. The lowest BCUT2D eigenvalue weighted by atomic mass is 9.85. The van der Waals surface area contributed by atoms with Gasteiger partial charge in [-0.3, -0.25) is 4.79 Å². The second-order valence-electron chi connectivity index (χ2n) is 5.07. The number of rotatable bonds is 4. The molecular formula is C10H14F3N3O2S. The van der Waals surface area contributed by atoms with E-state index >= 15 is 0 Å². The molecule has 1 heterocycles. The second kappa shape index (κ2) is 5.32. The molecule has 9 heteroatoms.